The zero-order valence-electron chi connectivity index (χ0n) is 13.4. The number of carbonyl (C=O) groups excluding carboxylic acids is 2. The Kier molecular flexibility index (Phi) is 5.86. The lowest BCUT2D eigenvalue weighted by Gasteiger charge is -2.05. The van der Waals surface area contributed by atoms with Crippen LogP contribution in [0.5, 0.6) is 0 Å². The number of ether oxygens (including phenoxy) is 2. The van der Waals surface area contributed by atoms with Crippen molar-refractivity contribution in [2.45, 2.75) is 13.8 Å². The highest BCUT2D eigenvalue weighted by atomic mass is 79.9. The molecule has 2 aromatic rings. The van der Waals surface area contributed by atoms with E-state index >= 15 is 0 Å². The monoisotopic (exact) mass is 411 g/mol. The predicted octanol–water partition coefficient (Wildman–Crippen LogP) is 2.51. The topological polar surface area (TPSA) is 113 Å². The van der Waals surface area contributed by atoms with Gasteiger partial charge >= 0.3 is 17.8 Å². The zero-order chi connectivity index (χ0) is 18.6. The number of carbonyl (C=O) groups is 2. The van der Waals surface area contributed by atoms with E-state index in [0.717, 1.165) is 6.08 Å². The number of halogens is 1. The number of fused-ring (bicyclic) bond motifs is 1. The summed E-state index contributed by atoms with van der Waals surface area (Å²) in [5.74, 6) is -2.26. The van der Waals surface area contributed by atoms with E-state index in [2.05, 4.69) is 20.9 Å². The van der Waals surface area contributed by atoms with E-state index in [1.54, 1.807) is 26.0 Å². The molecule has 0 aliphatic rings. The Hall–Kier alpha value is -2.75. The van der Waals surface area contributed by atoms with Gasteiger partial charge < -0.3 is 19.6 Å². The van der Waals surface area contributed by atoms with Gasteiger partial charge in [-0.25, -0.2) is 14.6 Å². The molecule has 0 fully saturated rings. The molecule has 2 heterocycles. The summed E-state index contributed by atoms with van der Waals surface area (Å²) >= 11 is 3.23. The molecule has 0 aromatic carbocycles. The van der Waals surface area contributed by atoms with Crippen LogP contribution in [0.4, 0.5) is 5.82 Å². The quantitative estimate of drug-likeness (QED) is 0.179. The molecule has 2 rings (SSSR count). The van der Waals surface area contributed by atoms with Crippen LogP contribution < -0.4 is 0 Å². The fraction of sp³-hybridized carbons (Fsp3) is 0.267. The van der Waals surface area contributed by atoms with E-state index in [1.807, 2.05) is 0 Å². The minimum absolute atomic E-state index is 0.0375. The van der Waals surface area contributed by atoms with Gasteiger partial charge in [-0.05, 0) is 46.8 Å². The molecule has 0 atom stereocenters. The lowest BCUT2D eigenvalue weighted by Crippen LogP contribution is -2.18. The Bertz CT molecular complexity index is 854. The van der Waals surface area contributed by atoms with Gasteiger partial charge in [-0.2, -0.15) is 4.40 Å². The van der Waals surface area contributed by atoms with Crippen molar-refractivity contribution in [1.82, 2.24) is 9.38 Å². The number of esters is 2. The highest BCUT2D eigenvalue weighted by Gasteiger charge is 2.27. The minimum atomic E-state index is -0.937. The first-order chi connectivity index (χ1) is 11.9. The number of hydrogen-bond acceptors (Lipinski definition) is 7. The van der Waals surface area contributed by atoms with Gasteiger partial charge in [0.05, 0.1) is 17.7 Å². The normalized spacial score (nSPS) is 10.4. The average Bonchev–Trinajstić information content (AvgIpc) is 2.90. The molecule has 0 spiro atoms. The van der Waals surface area contributed by atoms with Crippen molar-refractivity contribution in [3.8, 4) is 0 Å². The Morgan fingerprint density at radius 1 is 1.28 bits per heavy atom. The smallest absolute Gasteiger partial charge is 0.355 e. The number of aromatic nitrogens is 2. The summed E-state index contributed by atoms with van der Waals surface area (Å²) in [7, 11) is 0. The molecule has 0 N–H and O–H groups in total. The Morgan fingerprint density at radius 3 is 2.40 bits per heavy atom. The van der Waals surface area contributed by atoms with Gasteiger partial charge in [0, 0.05) is 6.07 Å². The van der Waals surface area contributed by atoms with E-state index in [9.17, 15) is 19.7 Å². The molecule has 9 nitrogen and oxygen atoms in total. The van der Waals surface area contributed by atoms with Gasteiger partial charge in [0.15, 0.2) is 5.69 Å². The molecule has 25 heavy (non-hydrogen) atoms. The summed E-state index contributed by atoms with van der Waals surface area (Å²) in [6, 6.07) is 3.22. The lowest BCUT2D eigenvalue weighted by molar-refractivity contribution is -0.390. The molecular weight excluding hydrogens is 398 g/mol. The van der Waals surface area contributed by atoms with Crippen LogP contribution in [0, 0.1) is 10.1 Å². The zero-order valence-corrected chi connectivity index (χ0v) is 15.0. The van der Waals surface area contributed by atoms with Crippen molar-refractivity contribution < 1.29 is 24.0 Å². The third-order valence-electron chi connectivity index (χ3n) is 3.03. The lowest BCUT2D eigenvalue weighted by atomic mass is 10.2. The summed E-state index contributed by atoms with van der Waals surface area (Å²) in [5.41, 5.74) is -0.332. The van der Waals surface area contributed by atoms with Crippen LogP contribution in [-0.4, -0.2) is 39.5 Å². The van der Waals surface area contributed by atoms with E-state index in [1.165, 1.54) is 10.6 Å². The first-order valence-electron chi connectivity index (χ1n) is 7.27. The van der Waals surface area contributed by atoms with Crippen molar-refractivity contribution in [1.29, 1.82) is 0 Å². The molecule has 0 saturated carbocycles. The molecule has 2 aromatic heterocycles. The first-order valence-corrected chi connectivity index (χ1v) is 8.06. The molecule has 0 unspecified atom stereocenters. The number of rotatable bonds is 6. The van der Waals surface area contributed by atoms with Gasteiger partial charge in [0.2, 0.25) is 5.65 Å². The van der Waals surface area contributed by atoms with Crippen LogP contribution in [0.25, 0.3) is 11.7 Å². The van der Waals surface area contributed by atoms with Crippen LogP contribution in [0.2, 0.25) is 0 Å². The predicted molar refractivity (Wildman–Crippen MR) is 90.8 cm³/mol. The minimum Gasteiger partial charge on any atom is -0.462 e. The molecule has 0 saturated heterocycles. The Balaban J connectivity index is 2.65. The molecule has 0 bridgehead atoms. The summed E-state index contributed by atoms with van der Waals surface area (Å²) in [4.78, 5) is 38.9. The maximum atomic E-state index is 12.0. The van der Waals surface area contributed by atoms with Crippen LogP contribution in [-0.2, 0) is 19.1 Å². The highest BCUT2D eigenvalue weighted by Crippen LogP contribution is 2.25. The number of imidazole rings is 1. The second kappa shape index (κ2) is 7.88. The standard InChI is InChI=1S/C15H14BrN3O6/c1-3-24-14(20)10(15(21)25-4-2)7-11-13(19(22)23)18-8-9(16)5-6-12(18)17-11/h5-8H,3-4H2,1-2H3. The summed E-state index contributed by atoms with van der Waals surface area (Å²) in [6.07, 6.45) is 2.47. The molecule has 0 aliphatic heterocycles. The summed E-state index contributed by atoms with van der Waals surface area (Å²) in [5, 5.41) is 11.4. The number of nitrogens with zero attached hydrogens (tertiary/aromatic N) is 3. The number of nitro groups is 1. The van der Waals surface area contributed by atoms with Gasteiger partial charge in [0.25, 0.3) is 0 Å². The van der Waals surface area contributed by atoms with Crippen LogP contribution in [0.1, 0.15) is 19.5 Å². The van der Waals surface area contributed by atoms with Crippen molar-refractivity contribution >= 4 is 45.4 Å². The molecule has 10 heteroatoms. The third kappa shape index (κ3) is 4.02. The van der Waals surface area contributed by atoms with Crippen molar-refractivity contribution in [3.63, 3.8) is 0 Å². The second-order valence-corrected chi connectivity index (χ2v) is 5.57. The molecule has 0 amide bonds. The molecule has 132 valence electrons. The fourth-order valence-electron chi connectivity index (χ4n) is 2.06. The van der Waals surface area contributed by atoms with Gasteiger partial charge in [-0.1, -0.05) is 0 Å². The maximum absolute atomic E-state index is 12.0. The summed E-state index contributed by atoms with van der Waals surface area (Å²) < 4.78 is 11.5. The maximum Gasteiger partial charge on any atom is 0.355 e. The van der Waals surface area contributed by atoms with E-state index in [4.69, 9.17) is 9.47 Å². The number of pyridine rings is 1. The highest BCUT2D eigenvalue weighted by molar-refractivity contribution is 9.10. The van der Waals surface area contributed by atoms with Crippen LogP contribution in [0.15, 0.2) is 28.4 Å². The fourth-order valence-corrected chi connectivity index (χ4v) is 2.40. The Morgan fingerprint density at radius 2 is 1.88 bits per heavy atom. The van der Waals surface area contributed by atoms with E-state index in [-0.39, 0.29) is 30.4 Å². The van der Waals surface area contributed by atoms with E-state index in [0.29, 0.717) is 4.47 Å². The molecule has 0 radical (unpaired) electrons. The Labute approximate surface area is 150 Å². The molecular formula is C15H14BrN3O6. The summed E-state index contributed by atoms with van der Waals surface area (Å²) in [6.45, 7) is 3.22. The third-order valence-corrected chi connectivity index (χ3v) is 3.50. The average molecular weight is 412 g/mol. The van der Waals surface area contributed by atoms with Crippen LogP contribution in [0.3, 0.4) is 0 Å². The van der Waals surface area contributed by atoms with Gasteiger partial charge in [-0.3, -0.25) is 0 Å². The van der Waals surface area contributed by atoms with Crippen molar-refractivity contribution in [2.24, 2.45) is 0 Å². The number of hydrogen-bond donors (Lipinski definition) is 0. The van der Waals surface area contributed by atoms with Crippen molar-refractivity contribution in [2.75, 3.05) is 13.2 Å². The first kappa shape index (κ1) is 18.6. The largest absolute Gasteiger partial charge is 0.462 e. The SMILES string of the molecule is CCOC(=O)C(=Cc1nc2ccc(Br)cn2c1[N+](=O)[O-])C(=O)OCC. The molecule has 0 aliphatic carbocycles. The second-order valence-electron chi connectivity index (χ2n) is 4.65. The van der Waals surface area contributed by atoms with Gasteiger partial charge in [0.1, 0.15) is 11.8 Å². The van der Waals surface area contributed by atoms with Crippen LogP contribution >= 0.6 is 15.9 Å². The van der Waals surface area contributed by atoms with Crippen molar-refractivity contribution in [3.05, 3.63) is 44.2 Å². The van der Waals surface area contributed by atoms with E-state index < -0.39 is 22.4 Å². The van der Waals surface area contributed by atoms with Gasteiger partial charge in [-0.15, -0.1) is 0 Å².